The second-order valence-electron chi connectivity index (χ2n) is 4.32. The summed E-state index contributed by atoms with van der Waals surface area (Å²) >= 11 is 0. The van der Waals surface area contributed by atoms with Gasteiger partial charge in [-0.1, -0.05) is 0 Å². The zero-order chi connectivity index (χ0) is 13.2. The number of H-pyrrole nitrogens is 1. The Morgan fingerprint density at radius 1 is 1.05 bits per heavy atom. The van der Waals surface area contributed by atoms with E-state index >= 15 is 0 Å². The van der Waals surface area contributed by atoms with Crippen LogP contribution in [0.4, 0.5) is 4.39 Å². The topological polar surface area (TPSA) is 41.6 Å². The zero-order valence-corrected chi connectivity index (χ0v) is 10.4. The molecule has 4 heteroatoms. The lowest BCUT2D eigenvalue weighted by Crippen LogP contribution is -1.83. The second-order valence-corrected chi connectivity index (χ2v) is 4.32. The molecule has 3 aromatic rings. The molecule has 94 valence electrons. The molecular weight excluding hydrogens is 241 g/mol. The molecule has 0 bridgehead atoms. The van der Waals surface area contributed by atoms with Crippen LogP contribution in [-0.2, 0) is 0 Å². The Hall–Kier alpha value is -2.49. The van der Waals surface area contributed by atoms with Gasteiger partial charge < -0.3 is 0 Å². The predicted molar refractivity (Wildman–Crippen MR) is 71.9 cm³/mol. The maximum atomic E-state index is 12.9. The molecule has 0 aliphatic rings. The molecule has 1 N–H and O–H groups in total. The van der Waals surface area contributed by atoms with Crippen LogP contribution in [0.25, 0.3) is 22.5 Å². The van der Waals surface area contributed by atoms with Crippen LogP contribution in [0.15, 0.2) is 48.8 Å². The van der Waals surface area contributed by atoms with Crippen molar-refractivity contribution in [3.63, 3.8) is 0 Å². The number of hydrogen-bond donors (Lipinski definition) is 1. The maximum Gasteiger partial charge on any atom is 0.123 e. The van der Waals surface area contributed by atoms with Gasteiger partial charge in [0.2, 0.25) is 0 Å². The monoisotopic (exact) mass is 253 g/mol. The molecule has 3 rings (SSSR count). The quantitative estimate of drug-likeness (QED) is 0.758. The number of hydrogen-bond acceptors (Lipinski definition) is 2. The summed E-state index contributed by atoms with van der Waals surface area (Å²) < 4.78 is 12.9. The van der Waals surface area contributed by atoms with Crippen molar-refractivity contribution in [2.75, 3.05) is 0 Å². The van der Waals surface area contributed by atoms with Gasteiger partial charge >= 0.3 is 0 Å². The van der Waals surface area contributed by atoms with E-state index in [0.717, 1.165) is 28.1 Å². The van der Waals surface area contributed by atoms with Crippen LogP contribution in [-0.4, -0.2) is 15.2 Å². The lowest BCUT2D eigenvalue weighted by molar-refractivity contribution is 0.628. The number of pyridine rings is 1. The Balaban J connectivity index is 2.06. The third-order valence-electron chi connectivity index (χ3n) is 3.08. The number of aromatic amines is 1. The summed E-state index contributed by atoms with van der Waals surface area (Å²) in [4.78, 5) is 4.09. The minimum atomic E-state index is -0.242. The molecule has 0 spiro atoms. The standard InChI is InChI=1S/C15H12FN3/c1-10-14(11-4-6-13(16)7-5-11)18-19-15(10)12-3-2-8-17-9-12/h2-9H,1H3,(H,18,19). The largest absolute Gasteiger partial charge is 0.277 e. The number of halogens is 1. The van der Waals surface area contributed by atoms with E-state index in [4.69, 9.17) is 0 Å². The fourth-order valence-electron chi connectivity index (χ4n) is 2.08. The lowest BCUT2D eigenvalue weighted by atomic mass is 10.0. The van der Waals surface area contributed by atoms with Gasteiger partial charge in [0.05, 0.1) is 11.4 Å². The van der Waals surface area contributed by atoms with Gasteiger partial charge in [-0.25, -0.2) is 4.39 Å². The number of nitrogens with one attached hydrogen (secondary N) is 1. The summed E-state index contributed by atoms with van der Waals surface area (Å²) in [5, 5.41) is 7.33. The molecular formula is C15H12FN3. The Bertz CT molecular complexity index is 687. The van der Waals surface area contributed by atoms with E-state index in [-0.39, 0.29) is 5.82 Å². The molecule has 0 amide bonds. The highest BCUT2D eigenvalue weighted by molar-refractivity contribution is 5.73. The first kappa shape index (κ1) is 11.6. The number of benzene rings is 1. The third kappa shape index (κ3) is 2.12. The van der Waals surface area contributed by atoms with Gasteiger partial charge in [0, 0.05) is 29.1 Å². The van der Waals surface area contributed by atoms with Gasteiger partial charge in [0.25, 0.3) is 0 Å². The van der Waals surface area contributed by atoms with Crippen LogP contribution in [0.1, 0.15) is 5.56 Å². The Kier molecular flexibility index (Phi) is 2.83. The third-order valence-corrected chi connectivity index (χ3v) is 3.08. The molecule has 3 nitrogen and oxygen atoms in total. The van der Waals surface area contributed by atoms with Crippen molar-refractivity contribution in [3.05, 3.63) is 60.2 Å². The number of aromatic nitrogens is 3. The minimum absolute atomic E-state index is 0.242. The molecule has 0 aliphatic heterocycles. The molecule has 0 radical (unpaired) electrons. The van der Waals surface area contributed by atoms with Crippen molar-refractivity contribution < 1.29 is 4.39 Å². The Labute approximate surface area is 110 Å². The van der Waals surface area contributed by atoms with E-state index in [2.05, 4.69) is 15.2 Å². The van der Waals surface area contributed by atoms with E-state index in [1.165, 1.54) is 12.1 Å². The van der Waals surface area contributed by atoms with Crippen molar-refractivity contribution in [3.8, 4) is 22.5 Å². The summed E-state index contributed by atoms with van der Waals surface area (Å²) in [7, 11) is 0. The molecule has 0 saturated carbocycles. The average molecular weight is 253 g/mol. The highest BCUT2D eigenvalue weighted by Gasteiger charge is 2.12. The molecule has 0 unspecified atom stereocenters. The van der Waals surface area contributed by atoms with Gasteiger partial charge in [0.15, 0.2) is 0 Å². The van der Waals surface area contributed by atoms with Crippen molar-refractivity contribution in [1.82, 2.24) is 15.2 Å². The molecule has 0 fully saturated rings. The van der Waals surface area contributed by atoms with Gasteiger partial charge in [0.1, 0.15) is 5.82 Å². The van der Waals surface area contributed by atoms with Crippen LogP contribution in [0, 0.1) is 12.7 Å². The van der Waals surface area contributed by atoms with Crippen molar-refractivity contribution >= 4 is 0 Å². The average Bonchev–Trinajstić information content (AvgIpc) is 2.83. The van der Waals surface area contributed by atoms with E-state index in [9.17, 15) is 4.39 Å². The van der Waals surface area contributed by atoms with E-state index in [1.54, 1.807) is 24.5 Å². The molecule has 1 aromatic carbocycles. The lowest BCUT2D eigenvalue weighted by Gasteiger charge is -2.01. The molecule has 0 saturated heterocycles. The van der Waals surface area contributed by atoms with Crippen molar-refractivity contribution in [2.24, 2.45) is 0 Å². The summed E-state index contributed by atoms with van der Waals surface area (Å²) in [6.45, 7) is 1.99. The van der Waals surface area contributed by atoms with Crippen LogP contribution < -0.4 is 0 Å². The van der Waals surface area contributed by atoms with Crippen LogP contribution in [0.3, 0.4) is 0 Å². The molecule has 2 heterocycles. The van der Waals surface area contributed by atoms with Crippen molar-refractivity contribution in [2.45, 2.75) is 6.92 Å². The Morgan fingerprint density at radius 3 is 2.53 bits per heavy atom. The predicted octanol–water partition coefficient (Wildman–Crippen LogP) is 3.59. The minimum Gasteiger partial charge on any atom is -0.277 e. The van der Waals surface area contributed by atoms with Crippen LogP contribution >= 0.6 is 0 Å². The first-order valence-corrected chi connectivity index (χ1v) is 5.97. The van der Waals surface area contributed by atoms with Gasteiger partial charge in [-0.2, -0.15) is 5.10 Å². The summed E-state index contributed by atoms with van der Waals surface area (Å²) in [6, 6.07) is 10.2. The van der Waals surface area contributed by atoms with Gasteiger partial charge in [-0.3, -0.25) is 10.1 Å². The maximum absolute atomic E-state index is 12.9. The second kappa shape index (κ2) is 4.65. The molecule has 19 heavy (non-hydrogen) atoms. The summed E-state index contributed by atoms with van der Waals surface area (Å²) in [5.41, 5.74) is 4.68. The summed E-state index contributed by atoms with van der Waals surface area (Å²) in [6.07, 6.45) is 3.50. The molecule has 2 aromatic heterocycles. The fourth-order valence-corrected chi connectivity index (χ4v) is 2.08. The summed E-state index contributed by atoms with van der Waals surface area (Å²) in [5.74, 6) is -0.242. The fraction of sp³-hybridized carbons (Fsp3) is 0.0667. The van der Waals surface area contributed by atoms with Gasteiger partial charge in [-0.05, 0) is 43.3 Å². The SMILES string of the molecule is Cc1c(-c2cccnc2)n[nH]c1-c1ccc(F)cc1. The normalized spacial score (nSPS) is 10.6. The highest BCUT2D eigenvalue weighted by Crippen LogP contribution is 2.28. The van der Waals surface area contributed by atoms with Crippen molar-refractivity contribution in [1.29, 1.82) is 0 Å². The van der Waals surface area contributed by atoms with Crippen LogP contribution in [0.2, 0.25) is 0 Å². The van der Waals surface area contributed by atoms with Gasteiger partial charge in [-0.15, -0.1) is 0 Å². The first-order valence-electron chi connectivity index (χ1n) is 5.97. The Morgan fingerprint density at radius 2 is 1.84 bits per heavy atom. The first-order chi connectivity index (χ1) is 9.25. The smallest absolute Gasteiger partial charge is 0.123 e. The van der Waals surface area contributed by atoms with E-state index in [1.807, 2.05) is 19.1 Å². The molecule has 0 aliphatic carbocycles. The number of nitrogens with zero attached hydrogens (tertiary/aromatic N) is 2. The molecule has 0 atom stereocenters. The highest BCUT2D eigenvalue weighted by atomic mass is 19.1. The van der Waals surface area contributed by atoms with E-state index in [0.29, 0.717) is 0 Å². The zero-order valence-electron chi connectivity index (χ0n) is 10.4. The number of rotatable bonds is 2. The van der Waals surface area contributed by atoms with Crippen LogP contribution in [0.5, 0.6) is 0 Å². The van der Waals surface area contributed by atoms with E-state index < -0.39 is 0 Å².